The molecule has 104 valence electrons. The van der Waals surface area contributed by atoms with Gasteiger partial charge >= 0.3 is 0 Å². The number of aromatic nitrogens is 1. The Labute approximate surface area is 145 Å². The Balaban J connectivity index is 2.35. The predicted molar refractivity (Wildman–Crippen MR) is 91.2 cm³/mol. The van der Waals surface area contributed by atoms with Crippen LogP contribution in [0.3, 0.4) is 0 Å². The van der Waals surface area contributed by atoms with E-state index in [1.54, 1.807) is 0 Å². The van der Waals surface area contributed by atoms with Crippen molar-refractivity contribution in [3.8, 4) is 0 Å². The fraction of sp³-hybridized carbons (Fsp3) is 0. The SMILES string of the molecule is Nc1cnc(Cl)cc1C(=O)Nc1c(Br)cc(Br)cc1Br. The molecule has 0 saturated heterocycles. The molecule has 0 aliphatic rings. The van der Waals surface area contributed by atoms with Gasteiger partial charge in [-0.3, -0.25) is 4.79 Å². The van der Waals surface area contributed by atoms with Gasteiger partial charge in [-0.15, -0.1) is 0 Å². The van der Waals surface area contributed by atoms with Crippen LogP contribution in [0.25, 0.3) is 0 Å². The lowest BCUT2D eigenvalue weighted by atomic mass is 10.2. The van der Waals surface area contributed by atoms with Gasteiger partial charge in [-0.2, -0.15) is 0 Å². The molecular weight excluding hydrogens is 477 g/mol. The second-order valence-electron chi connectivity index (χ2n) is 3.79. The fourth-order valence-corrected chi connectivity index (χ4v) is 4.09. The van der Waals surface area contributed by atoms with E-state index in [9.17, 15) is 4.79 Å². The van der Waals surface area contributed by atoms with Crippen molar-refractivity contribution < 1.29 is 4.79 Å². The highest BCUT2D eigenvalue weighted by molar-refractivity contribution is 9.11. The second-order valence-corrected chi connectivity index (χ2v) is 6.80. The van der Waals surface area contributed by atoms with Crippen molar-refractivity contribution in [1.82, 2.24) is 4.98 Å². The monoisotopic (exact) mass is 481 g/mol. The molecule has 4 nitrogen and oxygen atoms in total. The molecule has 1 amide bonds. The first-order valence-electron chi connectivity index (χ1n) is 5.25. The second kappa shape index (κ2) is 6.43. The van der Waals surface area contributed by atoms with Crippen molar-refractivity contribution in [3.63, 3.8) is 0 Å². The Morgan fingerprint density at radius 2 is 1.80 bits per heavy atom. The first kappa shape index (κ1) is 15.8. The molecule has 1 heterocycles. The summed E-state index contributed by atoms with van der Waals surface area (Å²) in [5.74, 6) is -0.365. The fourth-order valence-electron chi connectivity index (χ4n) is 1.48. The zero-order chi connectivity index (χ0) is 14.9. The third kappa shape index (κ3) is 3.52. The van der Waals surface area contributed by atoms with Crippen LogP contribution in [0.1, 0.15) is 10.4 Å². The van der Waals surface area contributed by atoms with Crippen LogP contribution >= 0.6 is 59.4 Å². The maximum Gasteiger partial charge on any atom is 0.257 e. The summed E-state index contributed by atoms with van der Waals surface area (Å²) in [7, 11) is 0. The Morgan fingerprint density at radius 1 is 1.20 bits per heavy atom. The number of amides is 1. The van der Waals surface area contributed by atoms with Gasteiger partial charge in [0.15, 0.2) is 0 Å². The number of hydrogen-bond donors (Lipinski definition) is 2. The number of anilines is 2. The van der Waals surface area contributed by atoms with Crippen LogP contribution in [0, 0.1) is 0 Å². The summed E-state index contributed by atoms with van der Waals surface area (Å²) in [4.78, 5) is 16.1. The minimum Gasteiger partial charge on any atom is -0.397 e. The largest absolute Gasteiger partial charge is 0.397 e. The van der Waals surface area contributed by atoms with E-state index < -0.39 is 0 Å². The van der Waals surface area contributed by atoms with Gasteiger partial charge in [0.2, 0.25) is 0 Å². The number of nitrogens with one attached hydrogen (secondary N) is 1. The van der Waals surface area contributed by atoms with Crippen molar-refractivity contribution in [2.45, 2.75) is 0 Å². The molecule has 2 aromatic rings. The van der Waals surface area contributed by atoms with Gasteiger partial charge in [-0.25, -0.2) is 4.98 Å². The van der Waals surface area contributed by atoms with E-state index in [-0.39, 0.29) is 22.3 Å². The van der Waals surface area contributed by atoms with E-state index in [2.05, 4.69) is 58.1 Å². The van der Waals surface area contributed by atoms with Gasteiger partial charge in [-0.1, -0.05) is 27.5 Å². The summed E-state index contributed by atoms with van der Waals surface area (Å²) >= 11 is 15.9. The normalized spacial score (nSPS) is 10.4. The quantitative estimate of drug-likeness (QED) is 0.599. The summed E-state index contributed by atoms with van der Waals surface area (Å²) in [6.07, 6.45) is 1.35. The minimum absolute atomic E-state index is 0.207. The first-order chi connectivity index (χ1) is 9.38. The van der Waals surface area contributed by atoms with E-state index in [0.29, 0.717) is 5.69 Å². The number of pyridine rings is 1. The van der Waals surface area contributed by atoms with Gasteiger partial charge in [0, 0.05) is 13.4 Å². The average Bonchev–Trinajstić information content (AvgIpc) is 2.36. The highest BCUT2D eigenvalue weighted by Crippen LogP contribution is 2.34. The van der Waals surface area contributed by atoms with Gasteiger partial charge in [0.25, 0.3) is 5.91 Å². The molecule has 2 rings (SSSR count). The maximum absolute atomic E-state index is 12.2. The smallest absolute Gasteiger partial charge is 0.257 e. The lowest BCUT2D eigenvalue weighted by Gasteiger charge is -2.11. The van der Waals surface area contributed by atoms with Crippen molar-refractivity contribution in [1.29, 1.82) is 0 Å². The first-order valence-corrected chi connectivity index (χ1v) is 8.01. The van der Waals surface area contributed by atoms with Gasteiger partial charge in [0.05, 0.1) is 23.1 Å². The number of halogens is 4. The molecule has 0 aliphatic heterocycles. The third-order valence-corrected chi connectivity index (χ3v) is 4.31. The number of benzene rings is 1. The zero-order valence-corrected chi connectivity index (χ0v) is 15.3. The van der Waals surface area contributed by atoms with Crippen LogP contribution in [-0.4, -0.2) is 10.9 Å². The number of nitrogens with two attached hydrogens (primary N) is 1. The molecule has 1 aromatic heterocycles. The van der Waals surface area contributed by atoms with Crippen molar-refractivity contribution in [3.05, 3.63) is 48.5 Å². The standard InChI is InChI=1S/C12H7Br3ClN3O/c13-5-1-7(14)11(8(15)2-5)19-12(20)6-3-10(16)18-4-9(6)17/h1-4H,17H2,(H,19,20). The molecule has 0 radical (unpaired) electrons. The number of carbonyl (C=O) groups is 1. The van der Waals surface area contributed by atoms with Gasteiger partial charge < -0.3 is 11.1 Å². The Kier molecular flexibility index (Phi) is 5.06. The van der Waals surface area contributed by atoms with Crippen molar-refractivity contribution in [2.24, 2.45) is 0 Å². The molecular formula is C12H7Br3ClN3O. The van der Waals surface area contributed by atoms with Gasteiger partial charge in [-0.05, 0) is 50.1 Å². The van der Waals surface area contributed by atoms with Crippen LogP contribution in [0.15, 0.2) is 37.8 Å². The lowest BCUT2D eigenvalue weighted by Crippen LogP contribution is -2.15. The zero-order valence-electron chi connectivity index (χ0n) is 9.75. The molecule has 20 heavy (non-hydrogen) atoms. The molecule has 0 saturated carbocycles. The minimum atomic E-state index is -0.365. The summed E-state index contributed by atoms with van der Waals surface area (Å²) in [5, 5.41) is 2.98. The highest BCUT2D eigenvalue weighted by atomic mass is 79.9. The predicted octanol–water partition coefficient (Wildman–Crippen LogP) is 4.86. The van der Waals surface area contributed by atoms with E-state index >= 15 is 0 Å². The summed E-state index contributed by atoms with van der Waals surface area (Å²) in [5.41, 5.74) is 6.86. The number of rotatable bonds is 2. The van der Waals surface area contributed by atoms with E-state index in [4.69, 9.17) is 17.3 Å². The van der Waals surface area contributed by atoms with E-state index in [1.165, 1.54) is 12.3 Å². The molecule has 0 aliphatic carbocycles. The number of nitrogen functional groups attached to an aromatic ring is 1. The molecule has 8 heteroatoms. The maximum atomic E-state index is 12.2. The molecule has 0 unspecified atom stereocenters. The number of nitrogens with zero attached hydrogens (tertiary/aromatic N) is 1. The van der Waals surface area contributed by atoms with Crippen LogP contribution in [0.4, 0.5) is 11.4 Å². The van der Waals surface area contributed by atoms with Crippen LogP contribution in [0.5, 0.6) is 0 Å². The summed E-state index contributed by atoms with van der Waals surface area (Å²) in [6, 6.07) is 5.07. The molecule has 0 fully saturated rings. The summed E-state index contributed by atoms with van der Waals surface area (Å²) in [6.45, 7) is 0. The lowest BCUT2D eigenvalue weighted by molar-refractivity contribution is 0.102. The van der Waals surface area contributed by atoms with Gasteiger partial charge in [0.1, 0.15) is 5.15 Å². The highest BCUT2D eigenvalue weighted by Gasteiger charge is 2.15. The van der Waals surface area contributed by atoms with E-state index in [1.807, 2.05) is 12.1 Å². The summed E-state index contributed by atoms with van der Waals surface area (Å²) < 4.78 is 2.33. The average molecular weight is 484 g/mol. The van der Waals surface area contributed by atoms with Crippen LogP contribution in [0.2, 0.25) is 5.15 Å². The Hall–Kier alpha value is -0.630. The van der Waals surface area contributed by atoms with Crippen LogP contribution < -0.4 is 11.1 Å². The van der Waals surface area contributed by atoms with Crippen molar-refractivity contribution >= 4 is 76.7 Å². The van der Waals surface area contributed by atoms with Crippen molar-refractivity contribution in [2.75, 3.05) is 11.1 Å². The molecule has 3 N–H and O–H groups in total. The number of hydrogen-bond acceptors (Lipinski definition) is 3. The number of carbonyl (C=O) groups excluding carboxylic acids is 1. The Morgan fingerprint density at radius 3 is 2.40 bits per heavy atom. The molecule has 1 aromatic carbocycles. The molecule has 0 spiro atoms. The molecule has 0 bridgehead atoms. The third-order valence-electron chi connectivity index (χ3n) is 2.39. The van der Waals surface area contributed by atoms with Crippen LogP contribution in [-0.2, 0) is 0 Å². The molecule has 0 atom stereocenters. The topological polar surface area (TPSA) is 68.0 Å². The Bertz CT molecular complexity index is 671. The van der Waals surface area contributed by atoms with E-state index in [0.717, 1.165) is 13.4 Å².